The summed E-state index contributed by atoms with van der Waals surface area (Å²) in [6, 6.07) is 4.05. The van der Waals surface area contributed by atoms with Crippen LogP contribution in [-0.2, 0) is 16.0 Å². The van der Waals surface area contributed by atoms with E-state index in [2.05, 4.69) is 0 Å². The van der Waals surface area contributed by atoms with Crippen LogP contribution in [0, 0.1) is 0 Å². The van der Waals surface area contributed by atoms with Gasteiger partial charge < -0.3 is 14.6 Å². The second-order valence-corrected chi connectivity index (χ2v) is 3.32. The maximum Gasteiger partial charge on any atom is 0.338 e. The Morgan fingerprint density at radius 1 is 1.29 bits per heavy atom. The van der Waals surface area contributed by atoms with Crippen molar-refractivity contribution < 1.29 is 24.2 Å². The number of aromatic carboxylic acids is 1. The Kier molecular flexibility index (Phi) is 4.39. The van der Waals surface area contributed by atoms with Crippen molar-refractivity contribution >= 4 is 18.2 Å². The van der Waals surface area contributed by atoms with Crippen LogP contribution in [0.2, 0.25) is 0 Å². The smallest absolute Gasteiger partial charge is 0.338 e. The average molecular weight is 236 g/mol. The number of carbonyl (C=O) groups excluding carboxylic acids is 2. The fourth-order valence-corrected chi connectivity index (χ4v) is 1.36. The summed E-state index contributed by atoms with van der Waals surface area (Å²) < 4.78 is 4.78. The number of aldehydes is 1. The molecule has 0 fully saturated rings. The van der Waals surface area contributed by atoms with Crippen LogP contribution in [0.3, 0.4) is 0 Å². The number of carbonyl (C=O) groups is 3. The van der Waals surface area contributed by atoms with Gasteiger partial charge in [-0.1, -0.05) is 0 Å². The highest BCUT2D eigenvalue weighted by Crippen LogP contribution is 2.12. The van der Waals surface area contributed by atoms with E-state index in [0.717, 1.165) is 0 Å². The van der Waals surface area contributed by atoms with Gasteiger partial charge >= 0.3 is 11.9 Å². The third kappa shape index (κ3) is 3.41. The fourth-order valence-electron chi connectivity index (χ4n) is 1.36. The van der Waals surface area contributed by atoms with E-state index in [0.29, 0.717) is 11.8 Å². The molecule has 0 atom stereocenters. The molecule has 0 unspecified atom stereocenters. The number of ether oxygens (including phenoxy) is 1. The van der Waals surface area contributed by atoms with E-state index >= 15 is 0 Å². The Bertz CT molecular complexity index is 450. The lowest BCUT2D eigenvalue weighted by molar-refractivity contribution is -0.107. The monoisotopic (exact) mass is 236 g/mol. The minimum Gasteiger partial charge on any atom is -0.478 e. The molecule has 5 heteroatoms. The third-order valence-electron chi connectivity index (χ3n) is 2.07. The van der Waals surface area contributed by atoms with Gasteiger partial charge in [0, 0.05) is 6.42 Å². The third-order valence-corrected chi connectivity index (χ3v) is 2.07. The van der Waals surface area contributed by atoms with E-state index in [4.69, 9.17) is 9.84 Å². The number of carboxylic acid groups (broad SMARTS) is 1. The maximum absolute atomic E-state index is 11.5. The molecule has 90 valence electrons. The molecular weight excluding hydrogens is 224 g/mol. The first kappa shape index (κ1) is 12.9. The number of benzene rings is 1. The topological polar surface area (TPSA) is 80.7 Å². The molecule has 0 saturated heterocycles. The van der Waals surface area contributed by atoms with Gasteiger partial charge in [-0.15, -0.1) is 0 Å². The minimum absolute atomic E-state index is 0.0348. The predicted molar refractivity (Wildman–Crippen MR) is 59.1 cm³/mol. The standard InChI is InChI=1S/C12H12O5/c1-2-17-12(16)10-6-8(3-4-13)5-9(7-10)11(14)15/h4-7H,2-3H2,1H3,(H,14,15). The molecule has 0 heterocycles. The summed E-state index contributed by atoms with van der Waals surface area (Å²) >= 11 is 0. The van der Waals surface area contributed by atoms with E-state index < -0.39 is 11.9 Å². The highest BCUT2D eigenvalue weighted by molar-refractivity contribution is 5.95. The molecule has 0 aromatic heterocycles. The summed E-state index contributed by atoms with van der Waals surface area (Å²) in [4.78, 5) is 32.7. The number of hydrogen-bond donors (Lipinski definition) is 1. The average Bonchev–Trinajstić information content (AvgIpc) is 2.29. The molecule has 0 aliphatic rings. The zero-order valence-corrected chi connectivity index (χ0v) is 9.30. The fraction of sp³-hybridized carbons (Fsp3) is 0.250. The largest absolute Gasteiger partial charge is 0.478 e. The van der Waals surface area contributed by atoms with Crippen LogP contribution in [0.5, 0.6) is 0 Å². The molecule has 5 nitrogen and oxygen atoms in total. The van der Waals surface area contributed by atoms with Gasteiger partial charge in [-0.2, -0.15) is 0 Å². The van der Waals surface area contributed by atoms with Crippen molar-refractivity contribution in [1.82, 2.24) is 0 Å². The van der Waals surface area contributed by atoms with Crippen molar-refractivity contribution in [2.45, 2.75) is 13.3 Å². The SMILES string of the molecule is CCOC(=O)c1cc(CC=O)cc(C(=O)O)c1. The van der Waals surface area contributed by atoms with Crippen molar-refractivity contribution in [3.63, 3.8) is 0 Å². The Morgan fingerprint density at radius 2 is 1.94 bits per heavy atom. The maximum atomic E-state index is 11.5. The van der Waals surface area contributed by atoms with Crippen molar-refractivity contribution in [2.75, 3.05) is 6.61 Å². The second-order valence-electron chi connectivity index (χ2n) is 3.32. The van der Waals surface area contributed by atoms with Crippen LogP contribution in [0.25, 0.3) is 0 Å². The molecule has 0 spiro atoms. The first-order valence-corrected chi connectivity index (χ1v) is 5.06. The van der Waals surface area contributed by atoms with Crippen LogP contribution in [-0.4, -0.2) is 29.9 Å². The van der Waals surface area contributed by atoms with Crippen molar-refractivity contribution in [1.29, 1.82) is 0 Å². The summed E-state index contributed by atoms with van der Waals surface area (Å²) in [6.07, 6.45) is 0.712. The van der Waals surface area contributed by atoms with Gasteiger partial charge in [0.05, 0.1) is 17.7 Å². The van der Waals surface area contributed by atoms with E-state index in [-0.39, 0.29) is 24.2 Å². The van der Waals surface area contributed by atoms with Crippen LogP contribution in [0.1, 0.15) is 33.2 Å². The zero-order chi connectivity index (χ0) is 12.8. The molecule has 1 aromatic carbocycles. The lowest BCUT2D eigenvalue weighted by atomic mass is 10.0. The second kappa shape index (κ2) is 5.79. The quantitative estimate of drug-likeness (QED) is 0.615. The highest BCUT2D eigenvalue weighted by atomic mass is 16.5. The molecule has 0 aliphatic carbocycles. The summed E-state index contributed by atoms with van der Waals surface area (Å²) in [5, 5.41) is 8.87. The molecule has 17 heavy (non-hydrogen) atoms. The summed E-state index contributed by atoms with van der Waals surface area (Å²) in [6.45, 7) is 1.87. The molecule has 0 amide bonds. The van der Waals surface area contributed by atoms with E-state index in [1.807, 2.05) is 0 Å². The minimum atomic E-state index is -1.15. The van der Waals surface area contributed by atoms with Crippen molar-refractivity contribution in [3.05, 3.63) is 34.9 Å². The van der Waals surface area contributed by atoms with Gasteiger partial charge in [0.15, 0.2) is 0 Å². The summed E-state index contributed by atoms with van der Waals surface area (Å²) in [5.41, 5.74) is 0.582. The first-order chi connectivity index (χ1) is 8.08. The number of hydrogen-bond acceptors (Lipinski definition) is 4. The normalized spacial score (nSPS) is 9.71. The Labute approximate surface area is 98.0 Å². The van der Waals surface area contributed by atoms with E-state index in [9.17, 15) is 14.4 Å². The lowest BCUT2D eigenvalue weighted by Crippen LogP contribution is -2.08. The van der Waals surface area contributed by atoms with Gasteiger partial charge in [0.25, 0.3) is 0 Å². The van der Waals surface area contributed by atoms with Gasteiger partial charge in [-0.25, -0.2) is 9.59 Å². The van der Waals surface area contributed by atoms with Gasteiger partial charge in [-0.3, -0.25) is 0 Å². The predicted octanol–water partition coefficient (Wildman–Crippen LogP) is 1.30. The molecule has 0 saturated carbocycles. The van der Waals surface area contributed by atoms with Crippen LogP contribution in [0.15, 0.2) is 18.2 Å². The number of carboxylic acids is 1. The molecular formula is C12H12O5. The van der Waals surface area contributed by atoms with E-state index in [1.54, 1.807) is 6.92 Å². The molecule has 0 radical (unpaired) electrons. The van der Waals surface area contributed by atoms with Crippen LogP contribution < -0.4 is 0 Å². The zero-order valence-electron chi connectivity index (χ0n) is 9.30. The van der Waals surface area contributed by atoms with Gasteiger partial charge in [-0.05, 0) is 30.7 Å². The van der Waals surface area contributed by atoms with E-state index in [1.165, 1.54) is 18.2 Å². The Morgan fingerprint density at radius 3 is 2.47 bits per heavy atom. The molecule has 1 rings (SSSR count). The number of esters is 1. The van der Waals surface area contributed by atoms with Crippen molar-refractivity contribution in [3.8, 4) is 0 Å². The Balaban J connectivity index is 3.15. The first-order valence-electron chi connectivity index (χ1n) is 5.06. The molecule has 1 aromatic rings. The highest BCUT2D eigenvalue weighted by Gasteiger charge is 2.12. The summed E-state index contributed by atoms with van der Waals surface area (Å²) in [5.74, 6) is -1.74. The van der Waals surface area contributed by atoms with Gasteiger partial charge in [0.2, 0.25) is 0 Å². The van der Waals surface area contributed by atoms with Crippen LogP contribution >= 0.6 is 0 Å². The van der Waals surface area contributed by atoms with Crippen molar-refractivity contribution in [2.24, 2.45) is 0 Å². The lowest BCUT2D eigenvalue weighted by Gasteiger charge is -2.05. The molecule has 0 aliphatic heterocycles. The van der Waals surface area contributed by atoms with Crippen LogP contribution in [0.4, 0.5) is 0 Å². The Hall–Kier alpha value is -2.17. The van der Waals surface area contributed by atoms with Gasteiger partial charge in [0.1, 0.15) is 6.29 Å². The summed E-state index contributed by atoms with van der Waals surface area (Å²) in [7, 11) is 0. The molecule has 0 bridgehead atoms. The molecule has 1 N–H and O–H groups in total. The number of rotatable bonds is 5.